The topological polar surface area (TPSA) is 142 Å². The normalized spacial score (nSPS) is 25.9. The standard InChI is InChI=1S/C21H28N4O5S/c1-10(2)12(22)16(26)23-13(11-8-6-5-7-9-11)17(27)24-14-18(28)25-15(20(29)30)21(3,4)31-19(14)25/h5-10,12-15,19H,22H2,1-4H3,(H,23,26)(H,24,27)(H,29,30)/t12-,13?,14+,15-,19+/m0/s1. The van der Waals surface area contributed by atoms with Crippen molar-refractivity contribution in [1.82, 2.24) is 15.5 Å². The molecule has 10 heteroatoms. The van der Waals surface area contributed by atoms with Gasteiger partial charge in [0.05, 0.1) is 6.04 Å². The van der Waals surface area contributed by atoms with Crippen LogP contribution in [0.1, 0.15) is 39.3 Å². The molecule has 1 unspecified atom stereocenters. The van der Waals surface area contributed by atoms with E-state index in [9.17, 15) is 24.3 Å². The second kappa shape index (κ2) is 8.51. The average molecular weight is 449 g/mol. The average Bonchev–Trinajstić information content (AvgIpc) is 2.97. The number of carboxylic acid groups (broad SMARTS) is 1. The first-order valence-corrected chi connectivity index (χ1v) is 11.0. The molecule has 3 rings (SSSR count). The van der Waals surface area contributed by atoms with Crippen LogP contribution in [0, 0.1) is 5.92 Å². The molecule has 0 spiro atoms. The van der Waals surface area contributed by atoms with E-state index in [0.29, 0.717) is 5.56 Å². The monoisotopic (exact) mass is 448 g/mol. The minimum atomic E-state index is -1.07. The number of rotatable bonds is 7. The molecule has 5 N–H and O–H groups in total. The van der Waals surface area contributed by atoms with Crippen molar-refractivity contribution in [2.24, 2.45) is 11.7 Å². The molecule has 2 aliphatic rings. The van der Waals surface area contributed by atoms with E-state index >= 15 is 0 Å². The quantitative estimate of drug-likeness (QED) is 0.444. The lowest BCUT2D eigenvalue weighted by Gasteiger charge is -2.44. The van der Waals surface area contributed by atoms with Crippen molar-refractivity contribution in [1.29, 1.82) is 0 Å². The third kappa shape index (κ3) is 4.27. The Bertz CT molecular complexity index is 891. The fourth-order valence-corrected chi connectivity index (χ4v) is 5.49. The molecule has 2 fully saturated rings. The zero-order chi connectivity index (χ0) is 23.1. The number of benzene rings is 1. The van der Waals surface area contributed by atoms with Gasteiger partial charge in [-0.1, -0.05) is 44.2 Å². The number of fused-ring (bicyclic) bond motifs is 1. The highest BCUT2D eigenvalue weighted by molar-refractivity contribution is 8.01. The molecular weight excluding hydrogens is 420 g/mol. The molecule has 2 aliphatic heterocycles. The maximum Gasteiger partial charge on any atom is 0.327 e. The zero-order valence-corrected chi connectivity index (χ0v) is 18.7. The van der Waals surface area contributed by atoms with Crippen molar-refractivity contribution in [3.8, 4) is 0 Å². The summed E-state index contributed by atoms with van der Waals surface area (Å²) in [6, 6.07) is 5.04. The largest absolute Gasteiger partial charge is 0.480 e. The smallest absolute Gasteiger partial charge is 0.327 e. The third-order valence-corrected chi connectivity index (χ3v) is 7.25. The van der Waals surface area contributed by atoms with Gasteiger partial charge in [0.2, 0.25) is 17.7 Å². The number of hydrogen-bond donors (Lipinski definition) is 4. The minimum Gasteiger partial charge on any atom is -0.480 e. The van der Waals surface area contributed by atoms with E-state index in [2.05, 4.69) is 10.6 Å². The Morgan fingerprint density at radius 1 is 1.16 bits per heavy atom. The summed E-state index contributed by atoms with van der Waals surface area (Å²) in [7, 11) is 0. The lowest BCUT2D eigenvalue weighted by molar-refractivity contribution is -0.161. The highest BCUT2D eigenvalue weighted by Gasteiger charge is 2.64. The van der Waals surface area contributed by atoms with Crippen molar-refractivity contribution in [3.05, 3.63) is 35.9 Å². The molecule has 0 bridgehead atoms. The van der Waals surface area contributed by atoms with E-state index in [-0.39, 0.29) is 5.92 Å². The Balaban J connectivity index is 1.78. The van der Waals surface area contributed by atoms with Gasteiger partial charge in [-0.15, -0.1) is 11.8 Å². The molecule has 5 atom stereocenters. The number of carboxylic acids is 1. The second-order valence-corrected chi connectivity index (χ2v) is 10.5. The van der Waals surface area contributed by atoms with Gasteiger partial charge >= 0.3 is 5.97 Å². The number of aliphatic carboxylic acids is 1. The van der Waals surface area contributed by atoms with E-state index in [1.54, 1.807) is 58.0 Å². The molecule has 2 saturated heterocycles. The minimum absolute atomic E-state index is 0.119. The van der Waals surface area contributed by atoms with E-state index < -0.39 is 58.0 Å². The summed E-state index contributed by atoms with van der Waals surface area (Å²) in [5.41, 5.74) is 6.48. The Labute approximate surface area is 185 Å². The molecule has 2 heterocycles. The SMILES string of the molecule is CC(C)[C@H](N)C(=O)NC(C(=O)N[C@@H]1C(=O)N2[C@@H]1SC(C)(C)[C@@H]2C(=O)O)c1ccccc1. The van der Waals surface area contributed by atoms with E-state index in [0.717, 1.165) is 0 Å². The van der Waals surface area contributed by atoms with Crippen molar-refractivity contribution in [2.45, 2.75) is 62.0 Å². The molecule has 0 aliphatic carbocycles. The van der Waals surface area contributed by atoms with Crippen LogP contribution in [0.3, 0.4) is 0 Å². The van der Waals surface area contributed by atoms with Gasteiger partial charge < -0.3 is 26.4 Å². The predicted molar refractivity (Wildman–Crippen MR) is 116 cm³/mol. The van der Waals surface area contributed by atoms with Gasteiger partial charge in [0, 0.05) is 4.75 Å². The Morgan fingerprint density at radius 2 is 1.77 bits per heavy atom. The van der Waals surface area contributed by atoms with Crippen molar-refractivity contribution in [2.75, 3.05) is 0 Å². The number of thioether (sulfide) groups is 1. The number of nitrogens with one attached hydrogen (secondary N) is 2. The summed E-state index contributed by atoms with van der Waals surface area (Å²) in [5, 5.41) is 14.5. The van der Waals surface area contributed by atoms with Crippen LogP contribution in [0.2, 0.25) is 0 Å². The van der Waals surface area contributed by atoms with Crippen LogP contribution >= 0.6 is 11.8 Å². The lowest BCUT2D eigenvalue weighted by atomic mass is 9.95. The number of hydrogen-bond acceptors (Lipinski definition) is 6. The highest BCUT2D eigenvalue weighted by Crippen LogP contribution is 2.50. The number of β-lactam (4-membered cyclic amide) rings is 1. The summed E-state index contributed by atoms with van der Waals surface area (Å²) in [6.45, 7) is 7.14. The van der Waals surface area contributed by atoms with Gasteiger partial charge in [0.25, 0.3) is 0 Å². The first-order valence-electron chi connectivity index (χ1n) is 10.1. The Hall–Kier alpha value is -2.59. The van der Waals surface area contributed by atoms with Gasteiger partial charge in [-0.25, -0.2) is 4.79 Å². The number of nitrogens with zero attached hydrogens (tertiary/aromatic N) is 1. The number of nitrogens with two attached hydrogens (primary N) is 1. The lowest BCUT2D eigenvalue weighted by Crippen LogP contribution is -2.71. The van der Waals surface area contributed by atoms with Gasteiger partial charge in [-0.2, -0.15) is 0 Å². The predicted octanol–water partition coefficient (Wildman–Crippen LogP) is 0.459. The molecule has 0 aromatic heterocycles. The van der Waals surface area contributed by atoms with Gasteiger partial charge in [0.15, 0.2) is 0 Å². The first kappa shape index (κ1) is 23.1. The number of amides is 3. The van der Waals surface area contributed by atoms with E-state index in [1.807, 2.05) is 0 Å². The molecular formula is C21H28N4O5S. The highest BCUT2D eigenvalue weighted by atomic mass is 32.2. The second-order valence-electron chi connectivity index (χ2n) is 8.71. The van der Waals surface area contributed by atoms with Gasteiger partial charge in [0.1, 0.15) is 23.5 Å². The van der Waals surface area contributed by atoms with Crippen LogP contribution in [-0.2, 0) is 19.2 Å². The molecule has 3 amide bonds. The molecule has 1 aromatic rings. The van der Waals surface area contributed by atoms with Crippen LogP contribution in [0.4, 0.5) is 0 Å². The fraction of sp³-hybridized carbons (Fsp3) is 0.524. The number of carbonyl (C=O) groups is 4. The summed E-state index contributed by atoms with van der Waals surface area (Å²) in [4.78, 5) is 51.3. The molecule has 168 valence electrons. The van der Waals surface area contributed by atoms with Crippen LogP contribution in [-0.4, -0.2) is 61.9 Å². The Morgan fingerprint density at radius 3 is 2.32 bits per heavy atom. The van der Waals surface area contributed by atoms with E-state index in [4.69, 9.17) is 5.73 Å². The summed E-state index contributed by atoms with van der Waals surface area (Å²) in [6.07, 6.45) is 0. The van der Waals surface area contributed by atoms with Crippen LogP contribution in [0.25, 0.3) is 0 Å². The van der Waals surface area contributed by atoms with Crippen LogP contribution < -0.4 is 16.4 Å². The summed E-state index contributed by atoms with van der Waals surface area (Å²) < 4.78 is -0.692. The zero-order valence-electron chi connectivity index (χ0n) is 17.9. The van der Waals surface area contributed by atoms with Crippen molar-refractivity contribution >= 4 is 35.5 Å². The molecule has 31 heavy (non-hydrogen) atoms. The van der Waals surface area contributed by atoms with Gasteiger partial charge in [-0.05, 0) is 25.3 Å². The summed E-state index contributed by atoms with van der Waals surface area (Å²) >= 11 is 1.34. The maximum atomic E-state index is 13.1. The maximum absolute atomic E-state index is 13.1. The Kier molecular flexibility index (Phi) is 6.33. The first-order chi connectivity index (χ1) is 14.5. The molecule has 9 nitrogen and oxygen atoms in total. The third-order valence-electron chi connectivity index (χ3n) is 5.68. The van der Waals surface area contributed by atoms with Crippen molar-refractivity contribution in [3.63, 3.8) is 0 Å². The van der Waals surface area contributed by atoms with E-state index in [1.165, 1.54) is 16.7 Å². The van der Waals surface area contributed by atoms with Crippen LogP contribution in [0.15, 0.2) is 30.3 Å². The summed E-state index contributed by atoms with van der Waals surface area (Å²) in [5.74, 6) is -2.66. The van der Waals surface area contributed by atoms with Crippen molar-refractivity contribution < 1.29 is 24.3 Å². The number of carbonyl (C=O) groups excluding carboxylic acids is 3. The molecule has 1 aromatic carbocycles. The fourth-order valence-electron chi connectivity index (χ4n) is 3.87. The van der Waals surface area contributed by atoms with Crippen LogP contribution in [0.5, 0.6) is 0 Å². The molecule has 0 radical (unpaired) electrons. The van der Waals surface area contributed by atoms with Gasteiger partial charge in [-0.3, -0.25) is 14.4 Å². The molecule has 0 saturated carbocycles.